The van der Waals surface area contributed by atoms with Crippen molar-refractivity contribution < 1.29 is 47.2 Å². The lowest BCUT2D eigenvalue weighted by atomic mass is 9.73. The van der Waals surface area contributed by atoms with E-state index in [0.717, 1.165) is 0 Å². The molecule has 0 bridgehead atoms. The summed E-state index contributed by atoms with van der Waals surface area (Å²) in [5.41, 5.74) is -3.31. The molecule has 0 saturated heterocycles. The van der Waals surface area contributed by atoms with E-state index in [4.69, 9.17) is 15.3 Å². The minimum absolute atomic E-state index is 0.0545. The highest BCUT2D eigenvalue weighted by atomic mass is 19.4. The first kappa shape index (κ1) is 19.8. The van der Waals surface area contributed by atoms with Crippen LogP contribution in [0.1, 0.15) is 32.6 Å². The van der Waals surface area contributed by atoms with Crippen molar-refractivity contribution in [3.05, 3.63) is 11.6 Å². The Labute approximate surface area is 128 Å². The van der Waals surface area contributed by atoms with E-state index >= 15 is 0 Å². The van der Waals surface area contributed by atoms with E-state index in [0.29, 0.717) is 0 Å². The average Bonchev–Trinajstić information content (AvgIpc) is 2.39. The lowest BCUT2D eigenvalue weighted by molar-refractivity contribution is -0.444. The molecule has 1 aliphatic rings. The maximum atomic E-state index is 13.9. The fourth-order valence-corrected chi connectivity index (χ4v) is 2.53. The molecular formula is C13H17F5O5. The summed E-state index contributed by atoms with van der Waals surface area (Å²) in [6.45, 7) is 1.27. The van der Waals surface area contributed by atoms with Gasteiger partial charge in [-0.05, 0) is 38.5 Å². The monoisotopic (exact) mass is 348 g/mol. The molecule has 1 saturated carbocycles. The number of hydrogen-bond donors (Lipinski definition) is 4. The molecule has 5 nitrogen and oxygen atoms in total. The zero-order valence-electron chi connectivity index (χ0n) is 12.1. The van der Waals surface area contributed by atoms with Crippen LogP contribution in [-0.4, -0.2) is 49.9 Å². The molecule has 1 rings (SSSR count). The van der Waals surface area contributed by atoms with Crippen molar-refractivity contribution in [2.24, 2.45) is 5.92 Å². The fraction of sp³-hybridized carbons (Fsp3) is 0.769. The molecule has 0 heterocycles. The molecule has 0 unspecified atom stereocenters. The highest BCUT2D eigenvalue weighted by Crippen LogP contribution is 2.51. The first-order chi connectivity index (χ1) is 10.2. The molecule has 0 amide bonds. The molecule has 1 aliphatic carbocycles. The second kappa shape index (κ2) is 5.99. The number of aliphatic hydroxyl groups is 3. The smallest absolute Gasteiger partial charge is 0.449 e. The van der Waals surface area contributed by atoms with Gasteiger partial charge in [0, 0.05) is 5.57 Å². The Bertz CT molecular complexity index is 489. The summed E-state index contributed by atoms with van der Waals surface area (Å²) < 4.78 is 65.1. The summed E-state index contributed by atoms with van der Waals surface area (Å²) in [4.78, 5) is 10.7. The third kappa shape index (κ3) is 3.48. The predicted molar refractivity (Wildman–Crippen MR) is 66.5 cm³/mol. The van der Waals surface area contributed by atoms with Crippen molar-refractivity contribution in [2.75, 3.05) is 0 Å². The van der Waals surface area contributed by atoms with E-state index < -0.39 is 48.2 Å². The first-order valence-electron chi connectivity index (χ1n) is 6.69. The molecule has 0 aromatic carbocycles. The average molecular weight is 348 g/mol. The van der Waals surface area contributed by atoms with Gasteiger partial charge in [0.05, 0.1) is 0 Å². The Hall–Kier alpha value is -1.26. The largest absolute Gasteiger partial charge is 0.478 e. The number of allylic oxidation sites excluding steroid dienone is 1. The molecule has 0 spiro atoms. The zero-order chi connectivity index (χ0) is 18.3. The van der Waals surface area contributed by atoms with E-state index in [1.165, 1.54) is 13.0 Å². The minimum atomic E-state index is -6.05. The number of alkyl halides is 5. The first-order valence-corrected chi connectivity index (χ1v) is 6.69. The van der Waals surface area contributed by atoms with Gasteiger partial charge in [0.2, 0.25) is 0 Å². The van der Waals surface area contributed by atoms with Crippen LogP contribution in [0, 0.1) is 5.92 Å². The van der Waals surface area contributed by atoms with Crippen LogP contribution in [0.15, 0.2) is 11.6 Å². The van der Waals surface area contributed by atoms with Gasteiger partial charge in [-0.15, -0.1) is 0 Å². The quantitative estimate of drug-likeness (QED) is 0.353. The third-order valence-corrected chi connectivity index (χ3v) is 4.10. The topological polar surface area (TPSA) is 98.0 Å². The van der Waals surface area contributed by atoms with Gasteiger partial charge < -0.3 is 20.4 Å². The van der Waals surface area contributed by atoms with Crippen LogP contribution < -0.4 is 0 Å². The van der Waals surface area contributed by atoms with Crippen molar-refractivity contribution in [1.29, 1.82) is 0 Å². The van der Waals surface area contributed by atoms with Crippen molar-refractivity contribution in [2.45, 2.75) is 56.1 Å². The number of carboxylic acid groups (broad SMARTS) is 1. The van der Waals surface area contributed by atoms with Crippen LogP contribution >= 0.6 is 0 Å². The van der Waals surface area contributed by atoms with Crippen LogP contribution in [0.25, 0.3) is 0 Å². The van der Waals surface area contributed by atoms with E-state index in [1.807, 2.05) is 0 Å². The molecule has 134 valence electrons. The number of carbonyl (C=O) groups is 1. The summed E-state index contributed by atoms with van der Waals surface area (Å²) in [7, 11) is 0. The molecular weight excluding hydrogens is 331 g/mol. The summed E-state index contributed by atoms with van der Waals surface area (Å²) in [5, 5.41) is 36.2. The maximum absolute atomic E-state index is 13.9. The van der Waals surface area contributed by atoms with Crippen molar-refractivity contribution in [3.8, 4) is 0 Å². The Balaban J connectivity index is 2.96. The Morgan fingerprint density at radius 3 is 1.91 bits per heavy atom. The van der Waals surface area contributed by atoms with Crippen molar-refractivity contribution in [1.82, 2.24) is 0 Å². The Morgan fingerprint density at radius 1 is 1.13 bits per heavy atom. The number of hydrogen-bond acceptors (Lipinski definition) is 4. The Kier molecular flexibility index (Phi) is 5.15. The van der Waals surface area contributed by atoms with Gasteiger partial charge in [-0.2, -0.15) is 22.0 Å². The summed E-state index contributed by atoms with van der Waals surface area (Å²) >= 11 is 0. The SMILES string of the molecule is CC(=CC1CCC(O)(C(F)(F)C(O)(O)C(F)(F)F)CC1)C(=O)O. The van der Waals surface area contributed by atoms with Gasteiger partial charge in [0.1, 0.15) is 5.60 Å². The van der Waals surface area contributed by atoms with Crippen molar-refractivity contribution >= 4 is 5.97 Å². The number of carboxylic acids is 1. The maximum Gasteiger partial charge on any atom is 0.449 e. The highest BCUT2D eigenvalue weighted by Gasteiger charge is 2.76. The van der Waals surface area contributed by atoms with Gasteiger partial charge in [-0.3, -0.25) is 0 Å². The van der Waals surface area contributed by atoms with Crippen molar-refractivity contribution in [3.63, 3.8) is 0 Å². The second-order valence-corrected chi connectivity index (χ2v) is 5.77. The molecule has 10 heteroatoms. The van der Waals surface area contributed by atoms with Crippen LogP contribution in [0.4, 0.5) is 22.0 Å². The zero-order valence-corrected chi connectivity index (χ0v) is 12.1. The van der Waals surface area contributed by atoms with E-state index in [9.17, 15) is 31.9 Å². The van der Waals surface area contributed by atoms with Gasteiger partial charge in [0.15, 0.2) is 0 Å². The van der Waals surface area contributed by atoms with E-state index in [2.05, 4.69) is 0 Å². The van der Waals surface area contributed by atoms with E-state index in [1.54, 1.807) is 0 Å². The molecule has 0 aromatic rings. The predicted octanol–water partition coefficient (Wildman–Crippen LogP) is 1.82. The standard InChI is InChI=1S/C13H17F5O5/c1-7(9(19)20)6-8-2-4-10(21,5-3-8)11(14,15)12(22,23)13(16,17)18/h6,8,21-23H,2-5H2,1H3,(H,19,20). The van der Waals surface area contributed by atoms with Gasteiger partial charge in [-0.1, -0.05) is 6.08 Å². The molecule has 0 atom stereocenters. The van der Waals surface area contributed by atoms with Gasteiger partial charge in [0.25, 0.3) is 0 Å². The highest BCUT2D eigenvalue weighted by molar-refractivity contribution is 5.85. The minimum Gasteiger partial charge on any atom is -0.478 e. The molecule has 1 fully saturated rings. The summed E-state index contributed by atoms with van der Waals surface area (Å²) in [6, 6.07) is 0. The van der Waals surface area contributed by atoms with Gasteiger partial charge >= 0.3 is 23.9 Å². The summed E-state index contributed by atoms with van der Waals surface area (Å²) in [5.74, 6) is -12.3. The number of rotatable bonds is 4. The lowest BCUT2D eigenvalue weighted by Crippen LogP contribution is -2.69. The number of halogens is 5. The third-order valence-electron chi connectivity index (χ3n) is 4.10. The molecule has 0 aliphatic heterocycles. The second-order valence-electron chi connectivity index (χ2n) is 5.77. The molecule has 0 aromatic heterocycles. The van der Waals surface area contributed by atoms with Crippen LogP contribution in [-0.2, 0) is 4.79 Å². The normalized spacial score (nSPS) is 27.9. The van der Waals surface area contributed by atoms with Gasteiger partial charge in [-0.25, -0.2) is 4.79 Å². The number of aliphatic carboxylic acids is 1. The lowest BCUT2D eigenvalue weighted by Gasteiger charge is -2.45. The van der Waals surface area contributed by atoms with Crippen LogP contribution in [0.3, 0.4) is 0 Å². The Morgan fingerprint density at radius 2 is 1.57 bits per heavy atom. The van der Waals surface area contributed by atoms with Crippen LogP contribution in [0.5, 0.6) is 0 Å². The summed E-state index contributed by atoms with van der Waals surface area (Å²) in [6.07, 6.45) is -6.90. The fourth-order valence-electron chi connectivity index (χ4n) is 2.53. The van der Waals surface area contributed by atoms with Crippen LogP contribution in [0.2, 0.25) is 0 Å². The molecule has 23 heavy (non-hydrogen) atoms. The molecule has 0 radical (unpaired) electrons. The molecule has 4 N–H and O–H groups in total. The van der Waals surface area contributed by atoms with E-state index in [-0.39, 0.29) is 18.4 Å².